The number of amides is 2. The molecule has 0 aromatic heterocycles. The number of ether oxygens (including phenoxy) is 1. The molecular weight excluding hydrogens is 314 g/mol. The molecule has 3 rings (SSSR count). The third-order valence-corrected chi connectivity index (χ3v) is 4.35. The van der Waals surface area contributed by atoms with Crippen LogP contribution >= 0.6 is 0 Å². The maximum atomic E-state index is 12.4. The number of urea groups is 1. The fourth-order valence-corrected chi connectivity index (χ4v) is 2.95. The van der Waals surface area contributed by atoms with Crippen molar-refractivity contribution in [2.45, 2.75) is 12.6 Å². The number of nitrogens with one attached hydrogen (secondary N) is 2. The third-order valence-electron chi connectivity index (χ3n) is 4.35. The molecule has 0 unspecified atom stereocenters. The lowest BCUT2D eigenvalue weighted by molar-refractivity contribution is 0.0340. The Kier molecular flexibility index (Phi) is 6.42. The van der Waals surface area contributed by atoms with Crippen molar-refractivity contribution in [1.29, 1.82) is 0 Å². The molecule has 2 aromatic carbocycles. The molecule has 1 atom stereocenters. The van der Waals surface area contributed by atoms with Crippen molar-refractivity contribution in [3.8, 4) is 0 Å². The molecule has 1 heterocycles. The molecule has 2 N–H and O–H groups in total. The summed E-state index contributed by atoms with van der Waals surface area (Å²) in [6, 6.07) is 19.8. The van der Waals surface area contributed by atoms with Gasteiger partial charge in [0.1, 0.15) is 0 Å². The first-order valence-electron chi connectivity index (χ1n) is 8.74. The molecule has 25 heavy (non-hydrogen) atoms. The number of rotatable bonds is 6. The van der Waals surface area contributed by atoms with Crippen molar-refractivity contribution in [3.05, 3.63) is 71.8 Å². The van der Waals surface area contributed by atoms with Crippen LogP contribution in [0.5, 0.6) is 0 Å². The molecule has 0 spiro atoms. The van der Waals surface area contributed by atoms with Crippen molar-refractivity contribution >= 4 is 6.03 Å². The molecule has 132 valence electrons. The molecule has 5 heteroatoms. The van der Waals surface area contributed by atoms with Crippen molar-refractivity contribution in [2.24, 2.45) is 0 Å². The van der Waals surface area contributed by atoms with E-state index in [2.05, 4.69) is 27.7 Å². The second-order valence-electron chi connectivity index (χ2n) is 6.19. The van der Waals surface area contributed by atoms with Crippen LogP contribution in [0.15, 0.2) is 60.7 Å². The first kappa shape index (κ1) is 17.5. The van der Waals surface area contributed by atoms with E-state index in [0.29, 0.717) is 6.54 Å². The Balaban J connectivity index is 1.59. The summed E-state index contributed by atoms with van der Waals surface area (Å²) in [4.78, 5) is 14.7. The Bertz CT molecular complexity index is 643. The Morgan fingerprint density at radius 3 is 2.32 bits per heavy atom. The van der Waals surface area contributed by atoms with E-state index in [-0.39, 0.29) is 12.1 Å². The van der Waals surface area contributed by atoms with Crippen LogP contribution in [-0.2, 0) is 11.3 Å². The standard InChI is InChI=1S/C20H25N3O2/c24-20(21-15-17-7-3-1-4-8-17)22-19(18-9-5-2-6-10-18)16-23-11-13-25-14-12-23/h1-10,19H,11-16H2,(H2,21,22,24)/t19-/m0/s1. The van der Waals surface area contributed by atoms with Gasteiger partial charge in [0, 0.05) is 26.2 Å². The van der Waals surface area contributed by atoms with Gasteiger partial charge in [-0.2, -0.15) is 0 Å². The molecule has 1 saturated heterocycles. The zero-order valence-electron chi connectivity index (χ0n) is 14.4. The largest absolute Gasteiger partial charge is 0.379 e. The minimum absolute atomic E-state index is 0.0462. The van der Waals surface area contributed by atoms with E-state index in [1.807, 2.05) is 48.5 Å². The van der Waals surface area contributed by atoms with Crippen molar-refractivity contribution in [2.75, 3.05) is 32.8 Å². The molecule has 0 aliphatic carbocycles. The molecule has 1 aliphatic heterocycles. The Hall–Kier alpha value is -2.37. The van der Waals surface area contributed by atoms with Crippen LogP contribution in [0.4, 0.5) is 4.79 Å². The van der Waals surface area contributed by atoms with Gasteiger partial charge in [0.15, 0.2) is 0 Å². The fourth-order valence-electron chi connectivity index (χ4n) is 2.95. The molecule has 5 nitrogen and oxygen atoms in total. The predicted molar refractivity (Wildman–Crippen MR) is 98.3 cm³/mol. The normalized spacial score (nSPS) is 16.2. The van der Waals surface area contributed by atoms with E-state index in [1.165, 1.54) is 0 Å². The highest BCUT2D eigenvalue weighted by atomic mass is 16.5. The summed E-state index contributed by atoms with van der Waals surface area (Å²) in [5.41, 5.74) is 2.20. The summed E-state index contributed by atoms with van der Waals surface area (Å²) in [6.45, 7) is 4.61. The predicted octanol–water partition coefficient (Wildman–Crippen LogP) is 2.56. The van der Waals surface area contributed by atoms with Crippen LogP contribution in [0.25, 0.3) is 0 Å². The second kappa shape index (κ2) is 9.20. The van der Waals surface area contributed by atoms with E-state index in [0.717, 1.165) is 44.0 Å². The van der Waals surface area contributed by atoms with Gasteiger partial charge in [-0.3, -0.25) is 4.90 Å². The van der Waals surface area contributed by atoms with Gasteiger partial charge in [-0.15, -0.1) is 0 Å². The molecule has 1 fully saturated rings. The highest BCUT2D eigenvalue weighted by Crippen LogP contribution is 2.15. The summed E-state index contributed by atoms with van der Waals surface area (Å²) in [6.07, 6.45) is 0. The number of carbonyl (C=O) groups excluding carboxylic acids is 1. The van der Waals surface area contributed by atoms with E-state index in [9.17, 15) is 4.79 Å². The topological polar surface area (TPSA) is 53.6 Å². The molecular formula is C20H25N3O2. The first-order valence-corrected chi connectivity index (χ1v) is 8.74. The summed E-state index contributed by atoms with van der Waals surface area (Å²) in [7, 11) is 0. The highest BCUT2D eigenvalue weighted by Gasteiger charge is 2.19. The van der Waals surface area contributed by atoms with Gasteiger partial charge in [0.05, 0.1) is 19.3 Å². The van der Waals surface area contributed by atoms with Gasteiger partial charge < -0.3 is 15.4 Å². The van der Waals surface area contributed by atoms with Gasteiger partial charge in [0.2, 0.25) is 0 Å². The zero-order chi connectivity index (χ0) is 17.3. The second-order valence-corrected chi connectivity index (χ2v) is 6.19. The molecule has 0 saturated carbocycles. The molecule has 1 aliphatic rings. The molecule has 0 bridgehead atoms. The highest BCUT2D eigenvalue weighted by molar-refractivity contribution is 5.74. The average Bonchev–Trinajstić information content (AvgIpc) is 2.68. The maximum Gasteiger partial charge on any atom is 0.315 e. The Morgan fingerprint density at radius 2 is 1.64 bits per heavy atom. The third kappa shape index (κ3) is 5.59. The summed E-state index contributed by atoms with van der Waals surface area (Å²) in [5.74, 6) is 0. The molecule has 2 aromatic rings. The van der Waals surface area contributed by atoms with Crippen molar-refractivity contribution in [3.63, 3.8) is 0 Å². The zero-order valence-corrected chi connectivity index (χ0v) is 14.4. The van der Waals surface area contributed by atoms with Crippen LogP contribution in [0.3, 0.4) is 0 Å². The number of hydrogen-bond donors (Lipinski definition) is 2. The Morgan fingerprint density at radius 1 is 1.00 bits per heavy atom. The lowest BCUT2D eigenvalue weighted by Gasteiger charge is -2.31. The SMILES string of the molecule is O=C(NCc1ccccc1)N[C@@H](CN1CCOCC1)c1ccccc1. The lowest BCUT2D eigenvalue weighted by atomic mass is 10.1. The van der Waals surface area contributed by atoms with Crippen molar-refractivity contribution < 1.29 is 9.53 Å². The number of nitrogens with zero attached hydrogens (tertiary/aromatic N) is 1. The maximum absolute atomic E-state index is 12.4. The lowest BCUT2D eigenvalue weighted by Crippen LogP contribution is -2.45. The average molecular weight is 339 g/mol. The molecule has 0 radical (unpaired) electrons. The van der Waals surface area contributed by atoms with Gasteiger partial charge >= 0.3 is 6.03 Å². The van der Waals surface area contributed by atoms with E-state index >= 15 is 0 Å². The van der Waals surface area contributed by atoms with Gasteiger partial charge in [0.25, 0.3) is 0 Å². The van der Waals surface area contributed by atoms with Crippen LogP contribution in [-0.4, -0.2) is 43.8 Å². The van der Waals surface area contributed by atoms with Gasteiger partial charge in [-0.05, 0) is 11.1 Å². The quantitative estimate of drug-likeness (QED) is 0.850. The minimum atomic E-state index is -0.147. The summed E-state index contributed by atoms with van der Waals surface area (Å²) >= 11 is 0. The first-order chi connectivity index (χ1) is 12.3. The number of hydrogen-bond acceptors (Lipinski definition) is 3. The Labute approximate surface area is 149 Å². The molecule has 2 amide bonds. The van der Waals surface area contributed by atoms with Gasteiger partial charge in [-0.25, -0.2) is 4.79 Å². The number of benzene rings is 2. The van der Waals surface area contributed by atoms with Crippen LogP contribution in [0.1, 0.15) is 17.2 Å². The fraction of sp³-hybridized carbons (Fsp3) is 0.350. The number of carbonyl (C=O) groups is 1. The van der Waals surface area contributed by atoms with Crippen molar-refractivity contribution in [1.82, 2.24) is 15.5 Å². The van der Waals surface area contributed by atoms with E-state index in [4.69, 9.17) is 4.74 Å². The van der Waals surface area contributed by atoms with Crippen LogP contribution in [0.2, 0.25) is 0 Å². The van der Waals surface area contributed by atoms with E-state index < -0.39 is 0 Å². The van der Waals surface area contributed by atoms with Crippen LogP contribution in [0, 0.1) is 0 Å². The summed E-state index contributed by atoms with van der Waals surface area (Å²) < 4.78 is 5.41. The van der Waals surface area contributed by atoms with E-state index in [1.54, 1.807) is 0 Å². The minimum Gasteiger partial charge on any atom is -0.379 e. The summed E-state index contributed by atoms with van der Waals surface area (Å²) in [5, 5.41) is 6.06. The van der Waals surface area contributed by atoms with Crippen LogP contribution < -0.4 is 10.6 Å². The smallest absolute Gasteiger partial charge is 0.315 e. The number of morpholine rings is 1. The monoisotopic (exact) mass is 339 g/mol. The van der Waals surface area contributed by atoms with Gasteiger partial charge in [-0.1, -0.05) is 60.7 Å².